The third-order valence-electron chi connectivity index (χ3n) is 5.55. The average molecular weight is 465 g/mol. The van der Waals surface area contributed by atoms with E-state index in [0.717, 1.165) is 25.7 Å². The molecule has 0 radical (unpaired) electrons. The molecule has 2 aliphatic heterocycles. The Bertz CT molecular complexity index is 962. The van der Waals surface area contributed by atoms with E-state index in [2.05, 4.69) is 10.2 Å². The zero-order chi connectivity index (χ0) is 23.3. The zero-order valence-electron chi connectivity index (χ0n) is 18.1. The van der Waals surface area contributed by atoms with Gasteiger partial charge in [-0.05, 0) is 36.8 Å². The fourth-order valence-corrected chi connectivity index (χ4v) is 3.84. The van der Waals surface area contributed by atoms with Crippen molar-refractivity contribution in [3.63, 3.8) is 0 Å². The number of halogens is 3. The summed E-state index contributed by atoms with van der Waals surface area (Å²) in [6.07, 6.45) is -4.22. The van der Waals surface area contributed by atoms with Crippen molar-refractivity contribution in [3.05, 3.63) is 48.0 Å². The van der Waals surface area contributed by atoms with E-state index in [1.807, 2.05) is 4.90 Å². The van der Waals surface area contributed by atoms with E-state index >= 15 is 0 Å². The first kappa shape index (κ1) is 23.0. The average Bonchev–Trinajstić information content (AvgIpc) is 2.82. The van der Waals surface area contributed by atoms with E-state index in [4.69, 9.17) is 14.2 Å². The zero-order valence-corrected chi connectivity index (χ0v) is 18.1. The highest BCUT2D eigenvalue weighted by atomic mass is 19.4. The van der Waals surface area contributed by atoms with Crippen LogP contribution in [0.3, 0.4) is 0 Å². The molecule has 10 heteroatoms. The second-order valence-corrected chi connectivity index (χ2v) is 7.85. The summed E-state index contributed by atoms with van der Waals surface area (Å²) in [4.78, 5) is 16.2. The van der Waals surface area contributed by atoms with Crippen LogP contribution in [0.5, 0.6) is 11.5 Å². The number of hydrogen-bond donors (Lipinski definition) is 1. The van der Waals surface area contributed by atoms with Gasteiger partial charge in [0.25, 0.3) is 0 Å². The van der Waals surface area contributed by atoms with Gasteiger partial charge in [0.05, 0.1) is 12.2 Å². The normalized spacial score (nSPS) is 16.4. The number of fused-ring (bicyclic) bond motifs is 1. The number of nitrogens with one attached hydrogen (secondary N) is 1. The summed E-state index contributed by atoms with van der Waals surface area (Å²) in [6, 6.07) is 10.6. The van der Waals surface area contributed by atoms with Gasteiger partial charge in [-0.1, -0.05) is 6.07 Å². The summed E-state index contributed by atoms with van der Waals surface area (Å²) in [5.74, 6) is 1.23. The fraction of sp³-hybridized carbons (Fsp3) is 0.435. The van der Waals surface area contributed by atoms with Crippen LogP contribution in [-0.4, -0.2) is 63.5 Å². The van der Waals surface area contributed by atoms with Crippen molar-refractivity contribution in [2.75, 3.05) is 62.8 Å². The number of piperazine rings is 1. The number of anilines is 2. The Balaban J connectivity index is 1.15. The maximum Gasteiger partial charge on any atom is 0.416 e. The van der Waals surface area contributed by atoms with Crippen molar-refractivity contribution in [1.29, 1.82) is 0 Å². The number of hydrogen-bond acceptors (Lipinski definition) is 6. The highest BCUT2D eigenvalue weighted by Crippen LogP contribution is 2.33. The van der Waals surface area contributed by atoms with Crippen molar-refractivity contribution in [2.24, 2.45) is 0 Å². The molecule has 7 nitrogen and oxygen atoms in total. The summed E-state index contributed by atoms with van der Waals surface area (Å²) in [5, 5.41) is 2.67. The molecule has 2 aromatic carbocycles. The summed E-state index contributed by atoms with van der Waals surface area (Å²) < 4.78 is 55.0. The van der Waals surface area contributed by atoms with Gasteiger partial charge in [0, 0.05) is 50.2 Å². The summed E-state index contributed by atoms with van der Waals surface area (Å²) in [7, 11) is 0. The molecule has 1 N–H and O–H groups in total. The monoisotopic (exact) mass is 465 g/mol. The number of carbonyl (C=O) groups excluding carboxylic acids is 1. The van der Waals surface area contributed by atoms with Crippen LogP contribution >= 0.6 is 0 Å². The Hall–Kier alpha value is -3.14. The Labute approximate surface area is 190 Å². The third kappa shape index (κ3) is 6.22. The predicted octanol–water partition coefficient (Wildman–Crippen LogP) is 4.24. The Morgan fingerprint density at radius 2 is 1.76 bits per heavy atom. The second kappa shape index (κ2) is 10.2. The van der Waals surface area contributed by atoms with Gasteiger partial charge in [0.2, 0.25) is 0 Å². The molecule has 2 aromatic rings. The lowest BCUT2D eigenvalue weighted by molar-refractivity contribution is -0.137. The van der Waals surface area contributed by atoms with Gasteiger partial charge in [-0.25, -0.2) is 4.79 Å². The Morgan fingerprint density at radius 3 is 2.52 bits per heavy atom. The number of alkyl halides is 3. The van der Waals surface area contributed by atoms with E-state index in [1.54, 1.807) is 24.3 Å². The van der Waals surface area contributed by atoms with E-state index in [9.17, 15) is 18.0 Å². The van der Waals surface area contributed by atoms with Crippen molar-refractivity contribution >= 4 is 17.5 Å². The van der Waals surface area contributed by atoms with Crippen LogP contribution in [-0.2, 0) is 10.9 Å². The molecular formula is C23H26F3N3O4. The molecule has 0 aromatic heterocycles. The molecular weight excluding hydrogens is 439 g/mol. The van der Waals surface area contributed by atoms with Crippen LogP contribution in [0, 0.1) is 0 Å². The van der Waals surface area contributed by atoms with Gasteiger partial charge < -0.3 is 19.1 Å². The van der Waals surface area contributed by atoms with Crippen LogP contribution in [0.25, 0.3) is 0 Å². The molecule has 0 unspecified atom stereocenters. The molecule has 0 atom stereocenters. The van der Waals surface area contributed by atoms with Gasteiger partial charge in [-0.15, -0.1) is 0 Å². The smallest absolute Gasteiger partial charge is 0.416 e. The lowest BCUT2D eigenvalue weighted by atomic mass is 10.1. The van der Waals surface area contributed by atoms with Crippen molar-refractivity contribution in [1.82, 2.24) is 4.90 Å². The topological polar surface area (TPSA) is 63.3 Å². The van der Waals surface area contributed by atoms with Crippen LogP contribution in [0.15, 0.2) is 42.5 Å². The van der Waals surface area contributed by atoms with Gasteiger partial charge >= 0.3 is 12.3 Å². The van der Waals surface area contributed by atoms with Crippen molar-refractivity contribution in [2.45, 2.75) is 12.6 Å². The van der Waals surface area contributed by atoms with Crippen LogP contribution in [0.4, 0.5) is 29.3 Å². The first-order valence-corrected chi connectivity index (χ1v) is 10.9. The minimum Gasteiger partial charge on any atom is -0.486 e. The van der Waals surface area contributed by atoms with Crippen molar-refractivity contribution in [3.8, 4) is 11.5 Å². The molecule has 2 aliphatic rings. The summed E-state index contributed by atoms with van der Waals surface area (Å²) >= 11 is 0. The third-order valence-corrected chi connectivity index (χ3v) is 5.55. The molecule has 0 spiro atoms. The number of amides is 1. The standard InChI is InChI=1S/C23H26F3N3O4/c24-23(25,26)17-3-1-4-19(15-17)29-10-8-28(9-11-29)7-2-12-33-22(30)27-18-5-6-20-21(16-18)32-14-13-31-20/h1,3-6,15-16H,2,7-14H2,(H,27,30). The Kier molecular flexibility index (Phi) is 7.12. The largest absolute Gasteiger partial charge is 0.486 e. The van der Waals surface area contributed by atoms with Crippen molar-refractivity contribution < 1.29 is 32.2 Å². The minimum atomic E-state index is -4.34. The van der Waals surface area contributed by atoms with E-state index in [-0.39, 0.29) is 6.61 Å². The summed E-state index contributed by atoms with van der Waals surface area (Å²) in [5.41, 5.74) is 0.521. The number of ether oxygens (including phenoxy) is 3. The van der Waals surface area contributed by atoms with E-state index < -0.39 is 17.8 Å². The first-order chi connectivity index (χ1) is 15.9. The number of benzene rings is 2. The molecule has 1 amide bonds. The molecule has 178 valence electrons. The van der Waals surface area contributed by atoms with Crippen LogP contribution < -0.4 is 19.7 Å². The lowest BCUT2D eigenvalue weighted by Crippen LogP contribution is -2.46. The highest BCUT2D eigenvalue weighted by molar-refractivity contribution is 5.85. The molecule has 2 heterocycles. The SMILES string of the molecule is O=C(Nc1ccc2c(c1)OCCO2)OCCCN1CCN(c2cccc(C(F)(F)F)c2)CC1. The summed E-state index contributed by atoms with van der Waals surface area (Å²) in [6.45, 7) is 4.74. The number of rotatable bonds is 6. The molecule has 4 rings (SSSR count). The van der Waals surface area contributed by atoms with E-state index in [1.165, 1.54) is 12.1 Å². The van der Waals surface area contributed by atoms with Crippen LogP contribution in [0.1, 0.15) is 12.0 Å². The van der Waals surface area contributed by atoms with Gasteiger partial charge in [0.1, 0.15) is 13.2 Å². The highest BCUT2D eigenvalue weighted by Gasteiger charge is 2.31. The maximum absolute atomic E-state index is 12.9. The van der Waals surface area contributed by atoms with E-state index in [0.29, 0.717) is 55.6 Å². The van der Waals surface area contributed by atoms with Gasteiger partial charge in [0.15, 0.2) is 11.5 Å². The molecule has 0 saturated carbocycles. The second-order valence-electron chi connectivity index (χ2n) is 7.85. The molecule has 0 aliphatic carbocycles. The molecule has 33 heavy (non-hydrogen) atoms. The maximum atomic E-state index is 12.9. The first-order valence-electron chi connectivity index (χ1n) is 10.9. The number of nitrogens with zero attached hydrogens (tertiary/aromatic N) is 2. The Morgan fingerprint density at radius 1 is 1.00 bits per heavy atom. The van der Waals surface area contributed by atoms with Gasteiger partial charge in [-0.2, -0.15) is 13.2 Å². The predicted molar refractivity (Wildman–Crippen MR) is 117 cm³/mol. The molecule has 0 bridgehead atoms. The molecule has 1 fully saturated rings. The quantitative estimate of drug-likeness (QED) is 0.644. The lowest BCUT2D eigenvalue weighted by Gasteiger charge is -2.36. The van der Waals surface area contributed by atoms with Gasteiger partial charge in [-0.3, -0.25) is 10.2 Å². The fourth-order valence-electron chi connectivity index (χ4n) is 3.84. The minimum absolute atomic E-state index is 0.268. The van der Waals surface area contributed by atoms with Crippen LogP contribution in [0.2, 0.25) is 0 Å². The molecule has 1 saturated heterocycles. The number of carbonyl (C=O) groups is 1.